The standard InChI is InChI=1S/C14H28N2O/c1-10-6-11(2)12(3)16(8-10)9-14-5-4-13(7-15)17-14/h10-14H,4-9,15H2,1-3H3. The molecular weight excluding hydrogens is 212 g/mol. The van der Waals surface area contributed by atoms with Gasteiger partial charge in [-0.1, -0.05) is 13.8 Å². The predicted octanol–water partition coefficient (Wildman–Crippen LogP) is 1.86. The van der Waals surface area contributed by atoms with Gasteiger partial charge in [-0.05, 0) is 38.0 Å². The zero-order valence-corrected chi connectivity index (χ0v) is 11.6. The largest absolute Gasteiger partial charge is 0.372 e. The molecule has 2 aliphatic heterocycles. The summed E-state index contributed by atoms with van der Waals surface area (Å²) in [5.74, 6) is 1.64. The van der Waals surface area contributed by atoms with Crippen LogP contribution in [0.1, 0.15) is 40.0 Å². The van der Waals surface area contributed by atoms with Crippen molar-refractivity contribution in [3.05, 3.63) is 0 Å². The maximum absolute atomic E-state index is 5.97. The maximum Gasteiger partial charge on any atom is 0.0707 e. The van der Waals surface area contributed by atoms with Gasteiger partial charge in [-0.15, -0.1) is 0 Å². The Kier molecular flexibility index (Phi) is 4.45. The molecule has 5 unspecified atom stereocenters. The number of piperidine rings is 1. The van der Waals surface area contributed by atoms with Gasteiger partial charge in [0.25, 0.3) is 0 Å². The zero-order valence-electron chi connectivity index (χ0n) is 11.6. The van der Waals surface area contributed by atoms with Crippen LogP contribution in [-0.4, -0.2) is 42.8 Å². The molecule has 5 atom stereocenters. The van der Waals surface area contributed by atoms with E-state index in [1.807, 2.05) is 0 Å². The minimum Gasteiger partial charge on any atom is -0.372 e. The van der Waals surface area contributed by atoms with E-state index in [0.717, 1.165) is 24.8 Å². The molecule has 0 spiro atoms. The number of nitrogens with two attached hydrogens (primary N) is 1. The Hall–Kier alpha value is -0.120. The lowest BCUT2D eigenvalue weighted by molar-refractivity contribution is -0.00520. The first-order chi connectivity index (χ1) is 8.10. The van der Waals surface area contributed by atoms with E-state index in [1.54, 1.807) is 0 Å². The molecule has 2 N–H and O–H groups in total. The third kappa shape index (κ3) is 3.21. The van der Waals surface area contributed by atoms with Crippen molar-refractivity contribution in [2.45, 2.75) is 58.3 Å². The van der Waals surface area contributed by atoms with Crippen LogP contribution < -0.4 is 5.73 Å². The lowest BCUT2D eigenvalue weighted by Crippen LogP contribution is -2.48. The Morgan fingerprint density at radius 3 is 2.53 bits per heavy atom. The first-order valence-electron chi connectivity index (χ1n) is 7.19. The highest BCUT2D eigenvalue weighted by Gasteiger charge is 2.32. The molecular formula is C14H28N2O. The van der Waals surface area contributed by atoms with Gasteiger partial charge in [0.15, 0.2) is 0 Å². The second kappa shape index (κ2) is 5.68. The quantitative estimate of drug-likeness (QED) is 0.818. The lowest BCUT2D eigenvalue weighted by atomic mass is 9.86. The van der Waals surface area contributed by atoms with Crippen molar-refractivity contribution in [1.82, 2.24) is 4.90 Å². The van der Waals surface area contributed by atoms with Crippen LogP contribution in [0.5, 0.6) is 0 Å². The highest BCUT2D eigenvalue weighted by Crippen LogP contribution is 2.29. The molecule has 2 saturated heterocycles. The molecule has 0 aromatic heterocycles. The van der Waals surface area contributed by atoms with E-state index < -0.39 is 0 Å². The average molecular weight is 240 g/mol. The Morgan fingerprint density at radius 2 is 1.88 bits per heavy atom. The van der Waals surface area contributed by atoms with Gasteiger partial charge in [-0.3, -0.25) is 4.90 Å². The molecule has 17 heavy (non-hydrogen) atoms. The first kappa shape index (κ1) is 13.3. The van der Waals surface area contributed by atoms with Crippen LogP contribution >= 0.6 is 0 Å². The molecule has 3 heteroatoms. The summed E-state index contributed by atoms with van der Waals surface area (Å²) < 4.78 is 5.97. The zero-order chi connectivity index (χ0) is 12.4. The highest BCUT2D eigenvalue weighted by atomic mass is 16.5. The molecule has 0 radical (unpaired) electrons. The summed E-state index contributed by atoms with van der Waals surface area (Å²) in [5.41, 5.74) is 5.66. The third-order valence-corrected chi connectivity index (χ3v) is 4.62. The molecule has 0 aromatic carbocycles. The van der Waals surface area contributed by atoms with E-state index in [4.69, 9.17) is 10.5 Å². The van der Waals surface area contributed by atoms with E-state index in [9.17, 15) is 0 Å². The number of rotatable bonds is 3. The first-order valence-corrected chi connectivity index (χ1v) is 7.19. The van der Waals surface area contributed by atoms with Crippen molar-refractivity contribution in [1.29, 1.82) is 0 Å². The van der Waals surface area contributed by atoms with Crippen LogP contribution in [0, 0.1) is 11.8 Å². The Labute approximate surface area is 106 Å². The maximum atomic E-state index is 5.97. The molecule has 0 saturated carbocycles. The minimum atomic E-state index is 0.315. The van der Waals surface area contributed by atoms with Gasteiger partial charge in [-0.2, -0.15) is 0 Å². The summed E-state index contributed by atoms with van der Waals surface area (Å²) in [5, 5.41) is 0. The molecule has 2 heterocycles. The topological polar surface area (TPSA) is 38.5 Å². The van der Waals surface area contributed by atoms with Gasteiger partial charge in [-0.25, -0.2) is 0 Å². The van der Waals surface area contributed by atoms with E-state index in [0.29, 0.717) is 24.8 Å². The number of likely N-dealkylation sites (tertiary alicyclic amines) is 1. The summed E-state index contributed by atoms with van der Waals surface area (Å²) in [6.45, 7) is 10.1. The summed E-state index contributed by atoms with van der Waals surface area (Å²) >= 11 is 0. The fraction of sp³-hybridized carbons (Fsp3) is 1.00. The van der Waals surface area contributed by atoms with Crippen molar-refractivity contribution in [2.75, 3.05) is 19.6 Å². The number of nitrogens with zero attached hydrogens (tertiary/aromatic N) is 1. The Balaban J connectivity index is 1.85. The number of hydrogen-bond donors (Lipinski definition) is 1. The molecule has 0 aliphatic carbocycles. The number of hydrogen-bond acceptors (Lipinski definition) is 3. The molecule has 0 bridgehead atoms. The van der Waals surface area contributed by atoms with Gasteiger partial charge < -0.3 is 10.5 Å². The van der Waals surface area contributed by atoms with Crippen molar-refractivity contribution in [2.24, 2.45) is 17.6 Å². The molecule has 100 valence electrons. The second-order valence-corrected chi connectivity index (χ2v) is 6.21. The van der Waals surface area contributed by atoms with Crippen LogP contribution in [0.4, 0.5) is 0 Å². The van der Waals surface area contributed by atoms with E-state index in [1.165, 1.54) is 19.4 Å². The molecule has 2 rings (SSSR count). The van der Waals surface area contributed by atoms with Crippen molar-refractivity contribution in [3.8, 4) is 0 Å². The summed E-state index contributed by atoms with van der Waals surface area (Å²) in [6, 6.07) is 0.701. The van der Waals surface area contributed by atoms with Crippen LogP contribution in [0.15, 0.2) is 0 Å². The smallest absolute Gasteiger partial charge is 0.0707 e. The van der Waals surface area contributed by atoms with Crippen molar-refractivity contribution in [3.63, 3.8) is 0 Å². The molecule has 2 fully saturated rings. The normalized spacial score (nSPS) is 44.1. The monoisotopic (exact) mass is 240 g/mol. The van der Waals surface area contributed by atoms with E-state index in [2.05, 4.69) is 25.7 Å². The van der Waals surface area contributed by atoms with Crippen LogP contribution in [0.2, 0.25) is 0 Å². The van der Waals surface area contributed by atoms with E-state index in [-0.39, 0.29) is 0 Å². The number of ether oxygens (including phenoxy) is 1. The second-order valence-electron chi connectivity index (χ2n) is 6.21. The summed E-state index contributed by atoms with van der Waals surface area (Å²) in [4.78, 5) is 2.63. The molecule has 2 aliphatic rings. The van der Waals surface area contributed by atoms with E-state index >= 15 is 0 Å². The predicted molar refractivity (Wildman–Crippen MR) is 70.9 cm³/mol. The van der Waals surface area contributed by atoms with Gasteiger partial charge in [0.05, 0.1) is 12.2 Å². The summed E-state index contributed by atoms with van der Waals surface area (Å²) in [7, 11) is 0. The SMILES string of the molecule is CC1CC(C)C(C)N(CC2CCC(CN)O2)C1. The molecule has 3 nitrogen and oxygen atoms in total. The van der Waals surface area contributed by atoms with Crippen molar-refractivity contribution < 1.29 is 4.74 Å². The van der Waals surface area contributed by atoms with Gasteiger partial charge >= 0.3 is 0 Å². The molecule has 0 amide bonds. The van der Waals surface area contributed by atoms with Crippen LogP contribution in [0.25, 0.3) is 0 Å². The van der Waals surface area contributed by atoms with Crippen LogP contribution in [0.3, 0.4) is 0 Å². The minimum absolute atomic E-state index is 0.315. The fourth-order valence-electron chi connectivity index (χ4n) is 3.42. The molecule has 0 aromatic rings. The van der Waals surface area contributed by atoms with Gasteiger partial charge in [0.2, 0.25) is 0 Å². The highest BCUT2D eigenvalue weighted by molar-refractivity contribution is 4.85. The lowest BCUT2D eigenvalue weighted by Gasteiger charge is -2.42. The van der Waals surface area contributed by atoms with Crippen LogP contribution in [-0.2, 0) is 4.74 Å². The Bertz CT molecular complexity index is 246. The van der Waals surface area contributed by atoms with Gasteiger partial charge in [0, 0.05) is 25.7 Å². The van der Waals surface area contributed by atoms with Crippen molar-refractivity contribution >= 4 is 0 Å². The summed E-state index contributed by atoms with van der Waals surface area (Å²) in [6.07, 6.45) is 4.44. The fourth-order valence-corrected chi connectivity index (χ4v) is 3.42. The van der Waals surface area contributed by atoms with Gasteiger partial charge in [0.1, 0.15) is 0 Å². The Morgan fingerprint density at radius 1 is 1.18 bits per heavy atom. The third-order valence-electron chi connectivity index (χ3n) is 4.62. The average Bonchev–Trinajstić information content (AvgIpc) is 2.73.